The van der Waals surface area contributed by atoms with Crippen LogP contribution in [0.2, 0.25) is 0 Å². The average molecular weight is 339 g/mol. The van der Waals surface area contributed by atoms with Crippen molar-refractivity contribution in [1.82, 2.24) is 15.3 Å². The lowest BCUT2D eigenvalue weighted by atomic mass is 10.0. The van der Waals surface area contributed by atoms with Gasteiger partial charge < -0.3 is 5.32 Å². The highest BCUT2D eigenvalue weighted by atomic mass is 19.1. The van der Waals surface area contributed by atoms with Crippen LogP contribution in [-0.2, 0) is 0 Å². The lowest BCUT2D eigenvalue weighted by Gasteiger charge is -2.11. The van der Waals surface area contributed by atoms with Gasteiger partial charge in [-0.2, -0.15) is 10.2 Å². The molecule has 0 radical (unpaired) electrons. The fourth-order valence-corrected chi connectivity index (χ4v) is 2.61. The first kappa shape index (κ1) is 17.0. The maximum absolute atomic E-state index is 13.9. The smallest absolute Gasteiger partial charge is 0.253 e. The van der Waals surface area contributed by atoms with Crippen LogP contribution in [0.15, 0.2) is 22.4 Å². The molecule has 0 saturated heterocycles. The van der Waals surface area contributed by atoms with Gasteiger partial charge in [0.05, 0.1) is 22.5 Å². The minimum Gasteiger partial charge on any atom is -0.352 e. The number of amides is 1. The van der Waals surface area contributed by atoms with Crippen LogP contribution in [0.1, 0.15) is 41.0 Å². The summed E-state index contributed by atoms with van der Waals surface area (Å²) in [5, 5.41) is 10.8. The first-order valence-corrected chi connectivity index (χ1v) is 8.04. The molecule has 0 unspecified atom stereocenters. The van der Waals surface area contributed by atoms with E-state index in [9.17, 15) is 9.18 Å². The zero-order valence-electron chi connectivity index (χ0n) is 14.1. The van der Waals surface area contributed by atoms with Crippen molar-refractivity contribution in [3.63, 3.8) is 0 Å². The third kappa shape index (κ3) is 3.63. The number of halogens is 1. The van der Waals surface area contributed by atoms with Crippen LogP contribution in [0.3, 0.4) is 0 Å². The van der Waals surface area contributed by atoms with E-state index >= 15 is 0 Å². The summed E-state index contributed by atoms with van der Waals surface area (Å²) in [6.07, 6.45) is 7.08. The molecule has 1 amide bonds. The summed E-state index contributed by atoms with van der Waals surface area (Å²) in [5.74, 6) is 1.65. The van der Waals surface area contributed by atoms with Crippen LogP contribution < -0.4 is 5.32 Å². The highest BCUT2D eigenvalue weighted by Gasteiger charge is 2.38. The Balaban J connectivity index is 1.74. The van der Waals surface area contributed by atoms with Gasteiger partial charge in [-0.15, -0.1) is 12.3 Å². The quantitative estimate of drug-likeness (QED) is 0.821. The number of hydrogen-bond acceptors (Lipinski definition) is 5. The van der Waals surface area contributed by atoms with Crippen molar-refractivity contribution in [3.05, 3.63) is 34.9 Å². The van der Waals surface area contributed by atoms with Gasteiger partial charge >= 0.3 is 0 Å². The van der Waals surface area contributed by atoms with Gasteiger partial charge in [0.25, 0.3) is 5.91 Å². The van der Waals surface area contributed by atoms with Gasteiger partial charge in [0.1, 0.15) is 11.3 Å². The summed E-state index contributed by atoms with van der Waals surface area (Å²) in [6.45, 7) is 3.97. The van der Waals surface area contributed by atoms with E-state index in [1.54, 1.807) is 13.8 Å². The van der Waals surface area contributed by atoms with E-state index in [-0.39, 0.29) is 5.56 Å². The molecule has 1 aliphatic heterocycles. The van der Waals surface area contributed by atoms with E-state index in [4.69, 9.17) is 6.42 Å². The number of rotatable bonds is 6. The number of hydrogen-bond donors (Lipinski definition) is 1. The number of carbonyl (C=O) groups is 1. The Labute approximate surface area is 145 Å². The summed E-state index contributed by atoms with van der Waals surface area (Å²) in [5.41, 5.74) is 1.88. The number of terminal acetylenes is 1. The third-order valence-corrected chi connectivity index (χ3v) is 4.25. The second-order valence-corrected chi connectivity index (χ2v) is 6.11. The normalized spacial score (nSPS) is 14.3. The molecule has 3 rings (SSSR count). The Morgan fingerprint density at radius 1 is 1.24 bits per heavy atom. The minimum absolute atomic E-state index is 0.174. The first-order valence-electron chi connectivity index (χ1n) is 8.04. The van der Waals surface area contributed by atoms with Crippen molar-refractivity contribution >= 4 is 16.9 Å². The zero-order valence-corrected chi connectivity index (χ0v) is 14.1. The van der Waals surface area contributed by atoms with Crippen LogP contribution in [0.5, 0.6) is 0 Å². The van der Waals surface area contributed by atoms with Crippen molar-refractivity contribution in [2.24, 2.45) is 10.2 Å². The second-order valence-electron chi connectivity index (χ2n) is 6.11. The lowest BCUT2D eigenvalue weighted by Crippen LogP contribution is -2.28. The van der Waals surface area contributed by atoms with E-state index in [0.717, 1.165) is 0 Å². The maximum atomic E-state index is 13.9. The molecule has 1 aromatic carbocycles. The van der Waals surface area contributed by atoms with Crippen molar-refractivity contribution in [2.45, 2.75) is 38.8 Å². The van der Waals surface area contributed by atoms with Crippen molar-refractivity contribution in [3.8, 4) is 12.3 Å². The summed E-state index contributed by atoms with van der Waals surface area (Å²) in [4.78, 5) is 21.2. The van der Waals surface area contributed by atoms with Gasteiger partial charge in [0.15, 0.2) is 5.66 Å². The number of carbonyl (C=O) groups excluding carboxylic acids is 1. The van der Waals surface area contributed by atoms with E-state index < -0.39 is 17.4 Å². The van der Waals surface area contributed by atoms with E-state index in [1.807, 2.05) is 0 Å². The van der Waals surface area contributed by atoms with Gasteiger partial charge in [-0.1, -0.05) is 0 Å². The summed E-state index contributed by atoms with van der Waals surface area (Å²) >= 11 is 0. The van der Waals surface area contributed by atoms with E-state index in [1.165, 1.54) is 12.1 Å². The van der Waals surface area contributed by atoms with Gasteiger partial charge in [0.2, 0.25) is 0 Å². The molecule has 1 aromatic heterocycles. The predicted octanol–water partition coefficient (Wildman–Crippen LogP) is 3.08. The van der Waals surface area contributed by atoms with Crippen molar-refractivity contribution in [2.75, 3.05) is 6.54 Å². The molecule has 0 aliphatic carbocycles. The number of benzene rings is 1. The Morgan fingerprint density at radius 2 is 1.96 bits per heavy atom. The minimum atomic E-state index is -0.520. The molecular formula is C18H18FN5O. The van der Waals surface area contributed by atoms with Crippen molar-refractivity contribution in [1.29, 1.82) is 0 Å². The standard InChI is InChI=1S/C18H18FN5O/c1-4-5-6-18(23-24-18)7-8-20-17(25)14-9-13(19)10-15-16(14)22-12(3)11(2)21-15/h1,9-10H,5-8H2,2-3H3,(H,20,25). The van der Waals surface area contributed by atoms with Crippen molar-refractivity contribution < 1.29 is 9.18 Å². The molecule has 0 saturated carbocycles. The molecule has 2 aromatic rings. The molecule has 7 heteroatoms. The molecule has 2 heterocycles. The number of aromatic nitrogens is 2. The summed E-state index contributed by atoms with van der Waals surface area (Å²) < 4.78 is 13.9. The Morgan fingerprint density at radius 3 is 2.64 bits per heavy atom. The van der Waals surface area contributed by atoms with Gasteiger partial charge in [-0.05, 0) is 19.9 Å². The van der Waals surface area contributed by atoms with Gasteiger partial charge in [-0.25, -0.2) is 14.4 Å². The Kier molecular flexibility index (Phi) is 4.45. The van der Waals surface area contributed by atoms with E-state index in [2.05, 4.69) is 31.4 Å². The second kappa shape index (κ2) is 6.55. The fraction of sp³-hybridized carbons (Fsp3) is 0.389. The van der Waals surface area contributed by atoms with Gasteiger partial charge in [-0.3, -0.25) is 4.79 Å². The molecule has 1 aliphatic rings. The average Bonchev–Trinajstić information content (AvgIpc) is 3.34. The van der Waals surface area contributed by atoms with Crippen LogP contribution >= 0.6 is 0 Å². The lowest BCUT2D eigenvalue weighted by molar-refractivity contribution is 0.0953. The number of fused-ring (bicyclic) bond motifs is 1. The Hall–Kier alpha value is -2.88. The van der Waals surface area contributed by atoms with Crippen LogP contribution in [0, 0.1) is 32.0 Å². The Bertz CT molecular complexity index is 910. The summed E-state index contributed by atoms with van der Waals surface area (Å²) in [7, 11) is 0. The topological polar surface area (TPSA) is 79.6 Å². The molecule has 1 N–H and O–H groups in total. The molecule has 25 heavy (non-hydrogen) atoms. The maximum Gasteiger partial charge on any atom is 0.253 e. The molecule has 128 valence electrons. The first-order chi connectivity index (χ1) is 11.9. The molecule has 0 atom stereocenters. The fourth-order valence-electron chi connectivity index (χ4n) is 2.61. The highest BCUT2D eigenvalue weighted by Crippen LogP contribution is 2.36. The molecule has 0 fully saturated rings. The van der Waals surface area contributed by atoms with Crippen LogP contribution in [0.25, 0.3) is 11.0 Å². The SMILES string of the molecule is C#CCCC1(CCNC(=O)c2cc(F)cc3nc(C)c(C)nc23)N=N1. The third-order valence-electron chi connectivity index (χ3n) is 4.25. The van der Waals surface area contributed by atoms with Gasteiger partial charge in [0, 0.05) is 31.9 Å². The highest BCUT2D eigenvalue weighted by molar-refractivity contribution is 6.04. The molecule has 6 nitrogen and oxygen atoms in total. The zero-order chi connectivity index (χ0) is 18.0. The number of nitrogens with zero attached hydrogens (tertiary/aromatic N) is 4. The summed E-state index contributed by atoms with van der Waals surface area (Å²) in [6, 6.07) is 2.46. The number of nitrogens with one attached hydrogen (secondary N) is 1. The van der Waals surface area contributed by atoms with E-state index in [0.29, 0.717) is 48.2 Å². The predicted molar refractivity (Wildman–Crippen MR) is 91.6 cm³/mol. The monoisotopic (exact) mass is 339 g/mol. The number of aryl methyl sites for hydroxylation is 2. The molecule has 0 spiro atoms. The van der Waals surface area contributed by atoms with Crippen LogP contribution in [-0.4, -0.2) is 28.1 Å². The molecule has 0 bridgehead atoms. The van der Waals surface area contributed by atoms with Crippen LogP contribution in [0.4, 0.5) is 4.39 Å². The molecular weight excluding hydrogens is 321 g/mol. The largest absolute Gasteiger partial charge is 0.352 e.